The Balaban J connectivity index is 2.32. The first-order chi connectivity index (χ1) is 19.3. The van der Waals surface area contributed by atoms with E-state index in [9.17, 15) is 39.0 Å². The number of primary amides is 2. The van der Waals surface area contributed by atoms with Gasteiger partial charge in [-0.3, -0.25) is 24.0 Å². The predicted octanol–water partition coefficient (Wildman–Crippen LogP) is -1.82. The third-order valence-electron chi connectivity index (χ3n) is 5.98. The van der Waals surface area contributed by atoms with Crippen LogP contribution in [-0.2, 0) is 41.6 Å². The molecule has 0 spiro atoms. The van der Waals surface area contributed by atoms with Crippen LogP contribution >= 0.6 is 0 Å². The topological polar surface area (TPSA) is 257 Å². The number of aliphatic carboxylic acids is 1. The number of rotatable bonds is 16. The molecule has 0 heterocycles. The summed E-state index contributed by atoms with van der Waals surface area (Å²) < 4.78 is 0. The summed E-state index contributed by atoms with van der Waals surface area (Å²) in [6, 6.07) is 9.02. The van der Waals surface area contributed by atoms with Crippen LogP contribution in [0.25, 0.3) is 0 Å². The first-order valence-electron chi connectivity index (χ1n) is 12.6. The van der Waals surface area contributed by atoms with Crippen LogP contribution in [0.15, 0.2) is 54.6 Å². The van der Waals surface area contributed by atoms with Crippen molar-refractivity contribution in [2.45, 2.75) is 56.3 Å². The number of carboxylic acids is 1. The van der Waals surface area contributed by atoms with Crippen molar-refractivity contribution in [2.24, 2.45) is 17.2 Å². The molecule has 0 saturated carbocycles. The summed E-state index contributed by atoms with van der Waals surface area (Å²) in [6.07, 6.45) is -1.15. The third-order valence-corrected chi connectivity index (χ3v) is 5.98. The van der Waals surface area contributed by atoms with E-state index in [2.05, 4.69) is 16.0 Å². The zero-order chi connectivity index (χ0) is 30.5. The molecule has 4 atom stereocenters. The van der Waals surface area contributed by atoms with Gasteiger partial charge in [-0.2, -0.15) is 0 Å². The van der Waals surface area contributed by atoms with Crippen LogP contribution in [0.5, 0.6) is 5.75 Å². The van der Waals surface area contributed by atoms with Gasteiger partial charge in [0.05, 0.1) is 12.5 Å². The second kappa shape index (κ2) is 15.6. The van der Waals surface area contributed by atoms with Crippen molar-refractivity contribution in [1.29, 1.82) is 0 Å². The summed E-state index contributed by atoms with van der Waals surface area (Å²) >= 11 is 0. The molecule has 2 rings (SSSR count). The Kier molecular flexibility index (Phi) is 12.2. The number of carbonyl (C=O) groups excluding carboxylic acids is 5. The van der Waals surface area contributed by atoms with Gasteiger partial charge in [0, 0.05) is 19.3 Å². The Labute approximate surface area is 235 Å². The molecule has 220 valence electrons. The summed E-state index contributed by atoms with van der Waals surface area (Å²) in [7, 11) is 0. The van der Waals surface area contributed by atoms with Crippen LogP contribution in [0.1, 0.15) is 30.4 Å². The van der Waals surface area contributed by atoms with Crippen molar-refractivity contribution in [2.75, 3.05) is 0 Å². The normalized spacial score (nSPS) is 13.6. The molecule has 2 aromatic rings. The quantitative estimate of drug-likeness (QED) is 0.113. The summed E-state index contributed by atoms with van der Waals surface area (Å²) in [5.41, 5.74) is 17.1. The van der Waals surface area contributed by atoms with E-state index in [0.717, 1.165) is 0 Å². The van der Waals surface area contributed by atoms with E-state index >= 15 is 0 Å². The number of phenols is 1. The van der Waals surface area contributed by atoms with Gasteiger partial charge in [0.1, 0.15) is 23.9 Å². The van der Waals surface area contributed by atoms with E-state index in [1.165, 1.54) is 24.3 Å². The smallest absolute Gasteiger partial charge is 0.326 e. The number of amides is 5. The minimum atomic E-state index is -1.45. The SMILES string of the molecule is NC(=O)CCC(NC(=O)C(Cc1ccccc1)NC(=O)C(Cc1ccc(O)cc1)NC(=O)C(N)CC(N)=O)C(=O)O. The summed E-state index contributed by atoms with van der Waals surface area (Å²) in [5.74, 6) is -5.49. The molecule has 4 unspecified atom stereocenters. The van der Waals surface area contributed by atoms with Gasteiger partial charge in [-0.05, 0) is 29.7 Å². The number of hydrogen-bond acceptors (Lipinski definition) is 8. The largest absolute Gasteiger partial charge is 0.508 e. The lowest BCUT2D eigenvalue weighted by Crippen LogP contribution is -2.58. The van der Waals surface area contributed by atoms with Crippen LogP contribution in [0.4, 0.5) is 0 Å². The minimum absolute atomic E-state index is 0.0221. The molecular weight excluding hydrogens is 536 g/mol. The number of phenolic OH excluding ortho intramolecular Hbond substituents is 1. The van der Waals surface area contributed by atoms with Crippen molar-refractivity contribution >= 4 is 35.5 Å². The van der Waals surface area contributed by atoms with Gasteiger partial charge in [0.15, 0.2) is 0 Å². The fraction of sp³-hybridized carbons (Fsp3) is 0.333. The van der Waals surface area contributed by atoms with Crippen molar-refractivity contribution in [3.63, 3.8) is 0 Å². The molecule has 14 heteroatoms. The molecule has 0 aromatic heterocycles. The maximum Gasteiger partial charge on any atom is 0.326 e. The van der Waals surface area contributed by atoms with Crippen LogP contribution in [0, 0.1) is 0 Å². The van der Waals surface area contributed by atoms with Crippen molar-refractivity contribution in [3.05, 3.63) is 65.7 Å². The molecular formula is C27H34N6O8. The Morgan fingerprint density at radius 2 is 1.17 bits per heavy atom. The molecule has 0 saturated heterocycles. The Bertz CT molecular complexity index is 1240. The molecule has 14 nitrogen and oxygen atoms in total. The van der Waals surface area contributed by atoms with E-state index in [1.807, 2.05) is 0 Å². The number of benzene rings is 2. The number of aromatic hydroxyl groups is 1. The van der Waals surface area contributed by atoms with Gasteiger partial charge in [-0.15, -0.1) is 0 Å². The average Bonchev–Trinajstić information content (AvgIpc) is 2.91. The summed E-state index contributed by atoms with van der Waals surface area (Å²) in [5, 5.41) is 26.4. The molecule has 0 aliphatic carbocycles. The molecule has 2 aromatic carbocycles. The van der Waals surface area contributed by atoms with E-state index in [0.29, 0.717) is 11.1 Å². The van der Waals surface area contributed by atoms with Gasteiger partial charge in [0.25, 0.3) is 0 Å². The fourth-order valence-corrected chi connectivity index (χ4v) is 3.81. The first kappa shape index (κ1) is 32.2. The molecule has 41 heavy (non-hydrogen) atoms. The minimum Gasteiger partial charge on any atom is -0.508 e. The highest BCUT2D eigenvalue weighted by Crippen LogP contribution is 2.12. The summed E-state index contributed by atoms with van der Waals surface area (Å²) in [6.45, 7) is 0. The first-order valence-corrected chi connectivity index (χ1v) is 12.6. The van der Waals surface area contributed by atoms with E-state index in [-0.39, 0.29) is 31.4 Å². The Morgan fingerprint density at radius 1 is 0.683 bits per heavy atom. The number of carbonyl (C=O) groups is 6. The third kappa shape index (κ3) is 11.3. The Morgan fingerprint density at radius 3 is 1.66 bits per heavy atom. The number of nitrogens with two attached hydrogens (primary N) is 3. The molecule has 0 fully saturated rings. The lowest BCUT2D eigenvalue weighted by Gasteiger charge is -2.25. The fourth-order valence-electron chi connectivity index (χ4n) is 3.81. The average molecular weight is 571 g/mol. The van der Waals surface area contributed by atoms with Crippen molar-refractivity contribution in [1.82, 2.24) is 16.0 Å². The number of carboxylic acid groups (broad SMARTS) is 1. The highest BCUT2D eigenvalue weighted by atomic mass is 16.4. The molecule has 11 N–H and O–H groups in total. The highest BCUT2D eigenvalue weighted by Gasteiger charge is 2.31. The molecule has 0 radical (unpaired) electrons. The lowest BCUT2D eigenvalue weighted by atomic mass is 10.0. The zero-order valence-corrected chi connectivity index (χ0v) is 22.1. The van der Waals surface area contributed by atoms with Gasteiger partial charge in [-0.1, -0.05) is 42.5 Å². The van der Waals surface area contributed by atoms with Gasteiger partial charge >= 0.3 is 5.97 Å². The van der Waals surface area contributed by atoms with Crippen molar-refractivity contribution in [3.8, 4) is 5.75 Å². The van der Waals surface area contributed by atoms with Crippen LogP contribution in [0.2, 0.25) is 0 Å². The zero-order valence-electron chi connectivity index (χ0n) is 22.1. The van der Waals surface area contributed by atoms with Crippen LogP contribution < -0.4 is 33.2 Å². The summed E-state index contributed by atoms with van der Waals surface area (Å²) in [4.78, 5) is 73.4. The van der Waals surface area contributed by atoms with Gasteiger partial charge < -0.3 is 43.4 Å². The van der Waals surface area contributed by atoms with Crippen LogP contribution in [-0.4, -0.2) is 69.9 Å². The van der Waals surface area contributed by atoms with Crippen LogP contribution in [0.3, 0.4) is 0 Å². The number of nitrogens with one attached hydrogen (secondary N) is 3. The van der Waals surface area contributed by atoms with E-state index in [4.69, 9.17) is 17.2 Å². The van der Waals surface area contributed by atoms with E-state index < -0.39 is 66.1 Å². The standard InChI is InChI=1S/C27H34N6O8/c28-18(14-23(30)36)24(37)32-20(13-16-6-8-17(34)9-7-16)26(39)33-21(12-15-4-2-1-3-5-15)25(38)31-19(27(40)41)10-11-22(29)35/h1-9,18-21,34H,10-14,28H2,(H2,29,35)(H2,30,36)(H,31,38)(H,32,37)(H,33,39)(H,40,41). The number of hydrogen-bond donors (Lipinski definition) is 8. The second-order valence-corrected chi connectivity index (χ2v) is 9.36. The Hall–Kier alpha value is -4.98. The maximum atomic E-state index is 13.5. The predicted molar refractivity (Wildman–Crippen MR) is 146 cm³/mol. The molecule has 0 aliphatic heterocycles. The molecule has 0 aliphatic rings. The lowest BCUT2D eigenvalue weighted by molar-refractivity contribution is -0.142. The van der Waals surface area contributed by atoms with Crippen molar-refractivity contribution < 1.29 is 39.0 Å². The molecule has 0 bridgehead atoms. The monoisotopic (exact) mass is 570 g/mol. The highest BCUT2D eigenvalue weighted by molar-refractivity contribution is 5.95. The van der Waals surface area contributed by atoms with Gasteiger partial charge in [0.2, 0.25) is 29.5 Å². The maximum absolute atomic E-state index is 13.5. The van der Waals surface area contributed by atoms with Gasteiger partial charge in [-0.25, -0.2) is 4.79 Å². The molecule has 5 amide bonds. The second-order valence-electron chi connectivity index (χ2n) is 9.36. The van der Waals surface area contributed by atoms with E-state index in [1.54, 1.807) is 30.3 Å².